The molecule has 35 heavy (non-hydrogen) atoms. The molecule has 0 bridgehead atoms. The van der Waals surface area contributed by atoms with Crippen LogP contribution in [0.3, 0.4) is 0 Å². The van der Waals surface area contributed by atoms with Crippen molar-refractivity contribution >= 4 is 23.6 Å². The van der Waals surface area contributed by atoms with Crippen molar-refractivity contribution in [3.63, 3.8) is 0 Å². The van der Waals surface area contributed by atoms with Crippen molar-refractivity contribution < 1.29 is 27.9 Å². The highest BCUT2D eigenvalue weighted by Gasteiger charge is 2.34. The lowest BCUT2D eigenvalue weighted by atomic mass is 9.95. The number of amides is 3. The first-order valence-corrected chi connectivity index (χ1v) is 10.9. The molecule has 7 nitrogen and oxygen atoms in total. The molecule has 3 aromatic rings. The maximum absolute atomic E-state index is 13.8. The Labute approximate surface area is 200 Å². The normalized spacial score (nSPS) is 15.4. The summed E-state index contributed by atoms with van der Waals surface area (Å²) < 4.78 is 32.2. The molecule has 2 atom stereocenters. The fourth-order valence-electron chi connectivity index (χ4n) is 3.94. The molecule has 0 saturated carbocycles. The fourth-order valence-corrected chi connectivity index (χ4v) is 3.94. The number of ether oxygens (including phenoxy) is 1. The Bertz CT molecular complexity index is 1300. The molecule has 2 N–H and O–H groups in total. The highest BCUT2D eigenvalue weighted by atomic mass is 19.2. The van der Waals surface area contributed by atoms with Crippen molar-refractivity contribution in [2.45, 2.75) is 25.6 Å². The molecule has 1 aliphatic heterocycles. The number of nitrogens with one attached hydrogen (secondary N) is 2. The first-order valence-electron chi connectivity index (χ1n) is 10.9. The average molecular weight is 479 g/mol. The number of carbonyl (C=O) groups is 3. The maximum Gasteiger partial charge on any atom is 0.408 e. The molecular formula is C26H23F2N3O4. The lowest BCUT2D eigenvalue weighted by molar-refractivity contribution is -0.132. The van der Waals surface area contributed by atoms with Crippen LogP contribution in [0, 0.1) is 11.6 Å². The van der Waals surface area contributed by atoms with Gasteiger partial charge in [-0.2, -0.15) is 0 Å². The van der Waals surface area contributed by atoms with E-state index >= 15 is 0 Å². The number of alkyl carbamates (subject to hydrolysis) is 1. The lowest BCUT2D eigenvalue weighted by Crippen LogP contribution is -2.45. The smallest absolute Gasteiger partial charge is 0.408 e. The number of hydrogen-bond donors (Lipinski definition) is 2. The van der Waals surface area contributed by atoms with Crippen molar-refractivity contribution in [2.24, 2.45) is 0 Å². The van der Waals surface area contributed by atoms with E-state index in [4.69, 9.17) is 4.74 Å². The monoisotopic (exact) mass is 479 g/mol. The molecule has 1 unspecified atom stereocenters. The topological polar surface area (TPSA) is 87.7 Å². The minimum atomic E-state index is -1.26. The van der Waals surface area contributed by atoms with Crippen LogP contribution >= 0.6 is 0 Å². The number of para-hydroxylation sites is 1. The molecule has 0 aromatic heterocycles. The zero-order chi connectivity index (χ0) is 25.1. The largest absolute Gasteiger partial charge is 0.436 e. The lowest BCUT2D eigenvalue weighted by Gasteiger charge is -2.24. The van der Waals surface area contributed by atoms with Crippen LogP contribution in [0.4, 0.5) is 19.3 Å². The Balaban J connectivity index is 1.46. The number of halogens is 2. The number of nitrogens with zero attached hydrogens (tertiary/aromatic N) is 1. The summed E-state index contributed by atoms with van der Waals surface area (Å²) >= 11 is 0. The van der Waals surface area contributed by atoms with Gasteiger partial charge in [0, 0.05) is 24.7 Å². The predicted octanol–water partition coefficient (Wildman–Crippen LogP) is 4.08. The van der Waals surface area contributed by atoms with Crippen molar-refractivity contribution in [3.05, 3.63) is 89.5 Å². The van der Waals surface area contributed by atoms with Crippen molar-refractivity contribution in [2.75, 3.05) is 11.9 Å². The highest BCUT2D eigenvalue weighted by molar-refractivity contribution is 6.06. The van der Waals surface area contributed by atoms with Gasteiger partial charge in [-0.25, -0.2) is 13.6 Å². The molecule has 4 rings (SSSR count). The Kier molecular flexibility index (Phi) is 6.77. The van der Waals surface area contributed by atoms with Crippen molar-refractivity contribution in [1.29, 1.82) is 0 Å². The molecule has 0 fully saturated rings. The summed E-state index contributed by atoms with van der Waals surface area (Å²) in [6, 6.07) is 17.3. The standard InChI is InChI=1S/C26H23F2N3O4/c1-15(35-26(34)29-14-16-8-7-12-20(27)22(16)28)24(32)30-23-19-11-4-3-9-17(19)18-10-5-6-13-21(18)31(2)25(23)33/h3-13,15,23H,14H2,1-2H3,(H,29,34)(H,30,32)/t15?,23-/m0/s1. The third-order valence-corrected chi connectivity index (χ3v) is 5.80. The summed E-state index contributed by atoms with van der Waals surface area (Å²) in [5.41, 5.74) is 2.90. The van der Waals surface area contributed by atoms with E-state index in [1.807, 2.05) is 36.4 Å². The third kappa shape index (κ3) is 4.84. The van der Waals surface area contributed by atoms with Gasteiger partial charge in [-0.15, -0.1) is 0 Å². The van der Waals surface area contributed by atoms with Gasteiger partial charge in [0.1, 0.15) is 6.04 Å². The van der Waals surface area contributed by atoms with Gasteiger partial charge in [0.05, 0.1) is 5.69 Å². The molecule has 3 amide bonds. The van der Waals surface area contributed by atoms with Crippen LogP contribution < -0.4 is 15.5 Å². The van der Waals surface area contributed by atoms with Gasteiger partial charge in [-0.1, -0.05) is 54.6 Å². The summed E-state index contributed by atoms with van der Waals surface area (Å²) in [5, 5.41) is 4.97. The van der Waals surface area contributed by atoms with E-state index in [9.17, 15) is 23.2 Å². The fraction of sp³-hybridized carbons (Fsp3) is 0.192. The van der Waals surface area contributed by atoms with Gasteiger partial charge < -0.3 is 20.3 Å². The SMILES string of the molecule is CC(OC(=O)NCc1cccc(F)c1F)C(=O)N[C@@H]1C(=O)N(C)c2ccccc2-c2ccccc21. The summed E-state index contributed by atoms with van der Waals surface area (Å²) in [7, 11) is 1.63. The van der Waals surface area contributed by atoms with Gasteiger partial charge in [0.15, 0.2) is 17.7 Å². The molecule has 1 heterocycles. The Morgan fingerprint density at radius 3 is 2.46 bits per heavy atom. The van der Waals surface area contributed by atoms with Gasteiger partial charge in [0.25, 0.3) is 11.8 Å². The van der Waals surface area contributed by atoms with Crippen LogP contribution in [0.2, 0.25) is 0 Å². The molecule has 9 heteroatoms. The van der Waals surface area contributed by atoms with E-state index in [-0.39, 0.29) is 18.0 Å². The van der Waals surface area contributed by atoms with Crippen LogP contribution in [0.15, 0.2) is 66.7 Å². The Morgan fingerprint density at radius 1 is 1.00 bits per heavy atom. The Morgan fingerprint density at radius 2 is 1.69 bits per heavy atom. The summed E-state index contributed by atoms with van der Waals surface area (Å²) in [6.07, 6.45) is -2.25. The molecular weight excluding hydrogens is 456 g/mol. The average Bonchev–Trinajstić information content (AvgIpc) is 2.94. The van der Waals surface area contributed by atoms with E-state index in [0.29, 0.717) is 11.3 Å². The number of hydrogen-bond acceptors (Lipinski definition) is 4. The second-order valence-electron chi connectivity index (χ2n) is 8.06. The quantitative estimate of drug-likeness (QED) is 0.577. The minimum Gasteiger partial charge on any atom is -0.436 e. The van der Waals surface area contributed by atoms with Gasteiger partial charge in [0.2, 0.25) is 0 Å². The van der Waals surface area contributed by atoms with Gasteiger partial charge in [-0.3, -0.25) is 9.59 Å². The summed E-state index contributed by atoms with van der Waals surface area (Å²) in [6.45, 7) is 1.03. The van der Waals surface area contributed by atoms with Crippen molar-refractivity contribution in [1.82, 2.24) is 10.6 Å². The molecule has 0 radical (unpaired) electrons. The summed E-state index contributed by atoms with van der Waals surface area (Å²) in [5.74, 6) is -3.15. The predicted molar refractivity (Wildman–Crippen MR) is 125 cm³/mol. The van der Waals surface area contributed by atoms with Crippen LogP contribution in [-0.4, -0.2) is 31.1 Å². The van der Waals surface area contributed by atoms with Crippen molar-refractivity contribution in [3.8, 4) is 11.1 Å². The number of anilines is 1. The summed E-state index contributed by atoms with van der Waals surface area (Å²) in [4.78, 5) is 39.8. The number of benzene rings is 3. The number of rotatable bonds is 5. The van der Waals surface area contributed by atoms with E-state index in [1.54, 1.807) is 19.2 Å². The number of fused-ring (bicyclic) bond motifs is 3. The van der Waals surface area contributed by atoms with Crippen LogP contribution in [0.25, 0.3) is 11.1 Å². The minimum absolute atomic E-state index is 0.0673. The molecule has 180 valence electrons. The maximum atomic E-state index is 13.8. The van der Waals surface area contributed by atoms with E-state index in [2.05, 4.69) is 10.6 Å². The molecule has 0 aliphatic carbocycles. The van der Waals surface area contributed by atoms with E-state index < -0.39 is 35.8 Å². The first kappa shape index (κ1) is 23.9. The van der Waals surface area contributed by atoms with E-state index in [0.717, 1.165) is 17.2 Å². The number of likely N-dealkylation sites (N-methyl/N-ethyl adjacent to an activating group) is 1. The van der Waals surface area contributed by atoms with E-state index in [1.165, 1.54) is 24.0 Å². The van der Waals surface area contributed by atoms with Gasteiger partial charge >= 0.3 is 6.09 Å². The molecule has 1 aliphatic rings. The molecule has 0 spiro atoms. The highest BCUT2D eigenvalue weighted by Crippen LogP contribution is 2.39. The van der Waals surface area contributed by atoms with Gasteiger partial charge in [-0.05, 0) is 30.2 Å². The second-order valence-corrected chi connectivity index (χ2v) is 8.06. The second kappa shape index (κ2) is 9.92. The Hall–Kier alpha value is -4.27. The van der Waals surface area contributed by atoms with Crippen LogP contribution in [0.1, 0.15) is 24.1 Å². The first-order chi connectivity index (χ1) is 16.8. The zero-order valence-electron chi connectivity index (χ0n) is 19.0. The molecule has 0 saturated heterocycles. The van der Waals surface area contributed by atoms with Crippen LogP contribution in [0.5, 0.6) is 0 Å². The number of carbonyl (C=O) groups excluding carboxylic acids is 3. The van der Waals surface area contributed by atoms with Crippen LogP contribution in [-0.2, 0) is 20.9 Å². The molecule has 3 aromatic carbocycles. The third-order valence-electron chi connectivity index (χ3n) is 5.80. The zero-order valence-corrected chi connectivity index (χ0v) is 19.0.